The van der Waals surface area contributed by atoms with Gasteiger partial charge < -0.3 is 5.32 Å². The van der Waals surface area contributed by atoms with E-state index in [9.17, 15) is 8.42 Å². The Bertz CT molecular complexity index is 671. The van der Waals surface area contributed by atoms with Gasteiger partial charge in [0.1, 0.15) is 10.8 Å². The lowest BCUT2D eigenvalue weighted by atomic mass is 10.3. The third-order valence-corrected chi connectivity index (χ3v) is 5.21. The molecule has 0 aliphatic carbocycles. The predicted molar refractivity (Wildman–Crippen MR) is 83.9 cm³/mol. The molecule has 0 spiro atoms. The van der Waals surface area contributed by atoms with E-state index < -0.39 is 10.0 Å². The van der Waals surface area contributed by atoms with Gasteiger partial charge in [0, 0.05) is 30.4 Å². The largest absolute Gasteiger partial charge is 0.370 e. The van der Waals surface area contributed by atoms with Crippen LogP contribution in [0.1, 0.15) is 31.3 Å². The number of pyridine rings is 1. The first kappa shape index (κ1) is 15.9. The highest BCUT2D eigenvalue weighted by Gasteiger charge is 2.22. The molecule has 0 radical (unpaired) electrons. The van der Waals surface area contributed by atoms with Crippen LogP contribution in [0.25, 0.3) is 0 Å². The van der Waals surface area contributed by atoms with E-state index in [1.165, 1.54) is 29.7 Å². The van der Waals surface area contributed by atoms with Crippen molar-refractivity contribution in [1.82, 2.24) is 14.7 Å². The Hall–Kier alpha value is -1.51. The molecular weight excluding hydrogens is 308 g/mol. The van der Waals surface area contributed by atoms with Crippen molar-refractivity contribution in [2.45, 2.75) is 31.2 Å². The molecule has 0 amide bonds. The Kier molecular flexibility index (Phi) is 5.27. The number of sulfonamides is 1. The van der Waals surface area contributed by atoms with E-state index in [0.29, 0.717) is 18.8 Å². The van der Waals surface area contributed by atoms with Gasteiger partial charge in [0.05, 0.1) is 10.9 Å². The maximum absolute atomic E-state index is 12.5. The van der Waals surface area contributed by atoms with Gasteiger partial charge >= 0.3 is 0 Å². The standard InChI is InChI=1S/C13H18N4O2S2/c1-3-11(13-16-7-8-20-13)17-21(18,19)10-5-6-15-12(9-10)14-4-2/h5-9,11,17H,3-4H2,1-2H3,(H,14,15). The molecule has 0 aliphatic rings. The lowest BCUT2D eigenvalue weighted by Crippen LogP contribution is -2.28. The summed E-state index contributed by atoms with van der Waals surface area (Å²) in [5, 5.41) is 5.60. The van der Waals surface area contributed by atoms with E-state index >= 15 is 0 Å². The molecule has 21 heavy (non-hydrogen) atoms. The number of rotatable bonds is 7. The average Bonchev–Trinajstić information content (AvgIpc) is 2.99. The Morgan fingerprint density at radius 1 is 1.29 bits per heavy atom. The van der Waals surface area contributed by atoms with Crippen LogP contribution >= 0.6 is 11.3 Å². The number of nitrogens with one attached hydrogen (secondary N) is 2. The summed E-state index contributed by atoms with van der Waals surface area (Å²) in [4.78, 5) is 8.45. The molecule has 0 bridgehead atoms. The number of thiazole rings is 1. The van der Waals surface area contributed by atoms with Gasteiger partial charge in [-0.15, -0.1) is 11.3 Å². The number of hydrogen-bond acceptors (Lipinski definition) is 6. The van der Waals surface area contributed by atoms with Crippen molar-refractivity contribution < 1.29 is 8.42 Å². The molecule has 1 atom stereocenters. The molecule has 1 unspecified atom stereocenters. The van der Waals surface area contributed by atoms with E-state index in [2.05, 4.69) is 20.0 Å². The zero-order chi connectivity index (χ0) is 15.3. The minimum absolute atomic E-state index is 0.198. The maximum Gasteiger partial charge on any atom is 0.241 e. The fourth-order valence-corrected chi connectivity index (χ4v) is 3.97. The van der Waals surface area contributed by atoms with Crippen molar-refractivity contribution in [2.75, 3.05) is 11.9 Å². The van der Waals surface area contributed by atoms with Crippen LogP contribution in [0.4, 0.5) is 5.82 Å². The molecule has 0 aromatic carbocycles. The molecule has 2 aromatic heterocycles. The van der Waals surface area contributed by atoms with Crippen LogP contribution in [0, 0.1) is 0 Å². The second-order valence-corrected chi connectivity index (χ2v) is 7.00. The highest BCUT2D eigenvalue weighted by atomic mass is 32.2. The monoisotopic (exact) mass is 326 g/mol. The van der Waals surface area contributed by atoms with Crippen LogP contribution in [0.15, 0.2) is 34.8 Å². The first-order valence-electron chi connectivity index (χ1n) is 6.68. The molecule has 0 saturated heterocycles. The first-order chi connectivity index (χ1) is 10.1. The Labute approximate surface area is 128 Å². The maximum atomic E-state index is 12.5. The lowest BCUT2D eigenvalue weighted by molar-refractivity contribution is 0.549. The second-order valence-electron chi connectivity index (χ2n) is 4.36. The predicted octanol–water partition coefficient (Wildman–Crippen LogP) is 2.40. The zero-order valence-electron chi connectivity index (χ0n) is 11.9. The van der Waals surface area contributed by atoms with Crippen molar-refractivity contribution in [3.8, 4) is 0 Å². The van der Waals surface area contributed by atoms with E-state index in [4.69, 9.17) is 0 Å². The summed E-state index contributed by atoms with van der Waals surface area (Å²) in [6, 6.07) is 2.70. The quantitative estimate of drug-likeness (QED) is 0.816. The Morgan fingerprint density at radius 2 is 2.10 bits per heavy atom. The van der Waals surface area contributed by atoms with Crippen LogP contribution in [0.2, 0.25) is 0 Å². The molecular formula is C13H18N4O2S2. The normalized spacial score (nSPS) is 13.0. The summed E-state index contributed by atoms with van der Waals surface area (Å²) in [7, 11) is -3.60. The molecule has 2 aromatic rings. The first-order valence-corrected chi connectivity index (χ1v) is 9.04. The van der Waals surface area contributed by atoms with Crippen LogP contribution in [-0.4, -0.2) is 24.9 Å². The SMILES string of the molecule is CCNc1cc(S(=O)(=O)NC(CC)c2nccs2)ccn1. The lowest BCUT2D eigenvalue weighted by Gasteiger charge is -2.15. The van der Waals surface area contributed by atoms with Gasteiger partial charge in [-0.05, 0) is 19.4 Å². The van der Waals surface area contributed by atoms with E-state index in [-0.39, 0.29) is 10.9 Å². The third-order valence-electron chi connectivity index (χ3n) is 2.85. The molecule has 2 N–H and O–H groups in total. The summed E-state index contributed by atoms with van der Waals surface area (Å²) < 4.78 is 27.6. The summed E-state index contributed by atoms with van der Waals surface area (Å²) in [5.74, 6) is 0.544. The third kappa shape index (κ3) is 3.99. The van der Waals surface area contributed by atoms with Crippen LogP contribution < -0.4 is 10.0 Å². The van der Waals surface area contributed by atoms with Gasteiger partial charge in [-0.25, -0.2) is 23.1 Å². The van der Waals surface area contributed by atoms with Gasteiger partial charge in [-0.3, -0.25) is 0 Å². The van der Waals surface area contributed by atoms with E-state index in [1.807, 2.05) is 19.2 Å². The minimum atomic E-state index is -3.60. The zero-order valence-corrected chi connectivity index (χ0v) is 13.5. The Morgan fingerprint density at radius 3 is 2.71 bits per heavy atom. The average molecular weight is 326 g/mol. The molecule has 114 valence electrons. The summed E-state index contributed by atoms with van der Waals surface area (Å²) in [5.41, 5.74) is 0. The molecule has 2 rings (SSSR count). The smallest absolute Gasteiger partial charge is 0.241 e. The molecule has 0 aliphatic heterocycles. The van der Waals surface area contributed by atoms with Crippen LogP contribution in [-0.2, 0) is 10.0 Å². The molecule has 8 heteroatoms. The Balaban J connectivity index is 2.23. The molecule has 2 heterocycles. The van der Waals surface area contributed by atoms with E-state index in [0.717, 1.165) is 5.01 Å². The fraction of sp³-hybridized carbons (Fsp3) is 0.385. The van der Waals surface area contributed by atoms with Gasteiger partial charge in [-0.2, -0.15) is 0 Å². The van der Waals surface area contributed by atoms with Crippen LogP contribution in [0.3, 0.4) is 0 Å². The second kappa shape index (κ2) is 6.97. The molecule has 6 nitrogen and oxygen atoms in total. The summed E-state index contributed by atoms with van der Waals surface area (Å²) in [6.07, 6.45) is 3.79. The van der Waals surface area contributed by atoms with Gasteiger partial charge in [-0.1, -0.05) is 6.92 Å². The number of anilines is 1. The van der Waals surface area contributed by atoms with Gasteiger partial charge in [0.25, 0.3) is 0 Å². The van der Waals surface area contributed by atoms with Crippen molar-refractivity contribution in [2.24, 2.45) is 0 Å². The van der Waals surface area contributed by atoms with Crippen LogP contribution in [0.5, 0.6) is 0 Å². The van der Waals surface area contributed by atoms with Crippen molar-refractivity contribution in [3.63, 3.8) is 0 Å². The number of aromatic nitrogens is 2. The molecule has 0 saturated carbocycles. The highest BCUT2D eigenvalue weighted by molar-refractivity contribution is 7.89. The summed E-state index contributed by atoms with van der Waals surface area (Å²) >= 11 is 1.44. The minimum Gasteiger partial charge on any atom is -0.370 e. The van der Waals surface area contributed by atoms with Crippen molar-refractivity contribution in [1.29, 1.82) is 0 Å². The number of hydrogen-bond donors (Lipinski definition) is 2. The van der Waals surface area contributed by atoms with Gasteiger partial charge in [0.2, 0.25) is 10.0 Å². The fourth-order valence-electron chi connectivity index (χ4n) is 1.83. The summed E-state index contributed by atoms with van der Waals surface area (Å²) in [6.45, 7) is 4.53. The van der Waals surface area contributed by atoms with Gasteiger partial charge in [0.15, 0.2) is 0 Å². The molecule has 0 fully saturated rings. The van der Waals surface area contributed by atoms with Crippen molar-refractivity contribution >= 4 is 27.2 Å². The number of nitrogens with zero attached hydrogens (tertiary/aromatic N) is 2. The van der Waals surface area contributed by atoms with Crippen molar-refractivity contribution in [3.05, 3.63) is 34.9 Å². The highest BCUT2D eigenvalue weighted by Crippen LogP contribution is 2.22. The van der Waals surface area contributed by atoms with E-state index in [1.54, 1.807) is 6.20 Å². The topological polar surface area (TPSA) is 84.0 Å².